The maximum atomic E-state index is 11.8. The summed E-state index contributed by atoms with van der Waals surface area (Å²) in [6.45, 7) is 0. The molecule has 0 atom stereocenters. The van der Waals surface area contributed by atoms with E-state index in [0.717, 1.165) is 27.9 Å². The van der Waals surface area contributed by atoms with Gasteiger partial charge in [0.2, 0.25) is 0 Å². The van der Waals surface area contributed by atoms with E-state index >= 15 is 0 Å². The normalized spacial score (nSPS) is 10.3. The summed E-state index contributed by atoms with van der Waals surface area (Å²) in [4.78, 5) is 16.2. The van der Waals surface area contributed by atoms with Gasteiger partial charge in [-0.2, -0.15) is 0 Å². The molecule has 0 aliphatic heterocycles. The predicted molar refractivity (Wildman–Crippen MR) is 90.8 cm³/mol. The topological polar surface area (TPSA) is 39.2 Å². The molecule has 0 bridgehead atoms. The maximum Gasteiger partial charge on any atom is 0.310 e. The van der Waals surface area contributed by atoms with Gasteiger partial charge in [0.15, 0.2) is 0 Å². The zero-order valence-corrected chi connectivity index (χ0v) is 12.9. The molecule has 3 heteroatoms. The zero-order valence-electron chi connectivity index (χ0n) is 12.9. The lowest BCUT2D eigenvalue weighted by Gasteiger charge is -2.14. The Bertz CT molecular complexity index is 798. The van der Waals surface area contributed by atoms with E-state index in [0.29, 0.717) is 0 Å². The van der Waals surface area contributed by atoms with E-state index < -0.39 is 0 Å². The number of aromatic nitrogens is 1. The molecule has 3 rings (SSSR count). The highest BCUT2D eigenvalue weighted by Gasteiger charge is 2.15. The van der Waals surface area contributed by atoms with Crippen LogP contribution in [-0.2, 0) is 16.0 Å². The molecule has 0 amide bonds. The number of hydrogen-bond acceptors (Lipinski definition) is 3. The minimum absolute atomic E-state index is 0.225. The molecule has 0 unspecified atom stereocenters. The summed E-state index contributed by atoms with van der Waals surface area (Å²) in [5, 5.41) is 0. The molecule has 1 heterocycles. The number of pyridine rings is 1. The van der Waals surface area contributed by atoms with Gasteiger partial charge in [-0.25, -0.2) is 0 Å². The van der Waals surface area contributed by atoms with Crippen molar-refractivity contribution < 1.29 is 9.53 Å². The Labute approximate surface area is 135 Å². The van der Waals surface area contributed by atoms with Crippen LogP contribution in [0.4, 0.5) is 0 Å². The Hall–Kier alpha value is -2.94. The number of methoxy groups -OCH3 is 1. The molecule has 0 radical (unpaired) electrons. The molecule has 0 aliphatic rings. The number of hydrogen-bond donors (Lipinski definition) is 0. The first kappa shape index (κ1) is 15.0. The second-order valence-corrected chi connectivity index (χ2v) is 5.17. The summed E-state index contributed by atoms with van der Waals surface area (Å²) in [5.74, 6) is -0.257. The van der Waals surface area contributed by atoms with Gasteiger partial charge in [0.05, 0.1) is 19.2 Å². The van der Waals surface area contributed by atoms with Crippen LogP contribution in [0.25, 0.3) is 22.4 Å². The lowest BCUT2D eigenvalue weighted by atomic mass is 9.91. The molecule has 0 aliphatic carbocycles. The smallest absolute Gasteiger partial charge is 0.310 e. The third-order valence-corrected chi connectivity index (χ3v) is 3.72. The van der Waals surface area contributed by atoms with Gasteiger partial charge < -0.3 is 4.74 Å². The number of carbonyl (C=O) groups excluding carboxylic acids is 1. The van der Waals surface area contributed by atoms with E-state index in [2.05, 4.69) is 23.2 Å². The summed E-state index contributed by atoms with van der Waals surface area (Å²) in [6, 6.07) is 21.9. The van der Waals surface area contributed by atoms with Crippen LogP contribution in [0.3, 0.4) is 0 Å². The molecule has 0 saturated carbocycles. The van der Waals surface area contributed by atoms with E-state index in [1.807, 2.05) is 48.5 Å². The van der Waals surface area contributed by atoms with Gasteiger partial charge in [0, 0.05) is 11.8 Å². The molecular weight excluding hydrogens is 286 g/mol. The van der Waals surface area contributed by atoms with Crippen LogP contribution in [0.1, 0.15) is 5.56 Å². The molecule has 23 heavy (non-hydrogen) atoms. The zero-order chi connectivity index (χ0) is 16.1. The fraction of sp³-hybridized carbons (Fsp3) is 0.100. The Kier molecular flexibility index (Phi) is 4.48. The Morgan fingerprint density at radius 3 is 2.43 bits per heavy atom. The van der Waals surface area contributed by atoms with E-state index in [1.165, 1.54) is 7.11 Å². The molecule has 0 N–H and O–H groups in total. The van der Waals surface area contributed by atoms with Crippen LogP contribution in [0.2, 0.25) is 0 Å². The van der Waals surface area contributed by atoms with Gasteiger partial charge in [0.25, 0.3) is 0 Å². The van der Waals surface area contributed by atoms with Crippen LogP contribution in [0.15, 0.2) is 72.9 Å². The van der Waals surface area contributed by atoms with Crippen molar-refractivity contribution in [2.45, 2.75) is 6.42 Å². The second-order valence-electron chi connectivity index (χ2n) is 5.17. The second kappa shape index (κ2) is 6.88. The first-order valence-corrected chi connectivity index (χ1v) is 7.45. The van der Waals surface area contributed by atoms with E-state index in [4.69, 9.17) is 4.74 Å². The van der Waals surface area contributed by atoms with Crippen molar-refractivity contribution in [1.29, 1.82) is 0 Å². The molecule has 114 valence electrons. The molecule has 2 aromatic carbocycles. The fourth-order valence-electron chi connectivity index (χ4n) is 2.65. The summed E-state index contributed by atoms with van der Waals surface area (Å²) in [6.07, 6.45) is 1.99. The largest absolute Gasteiger partial charge is 0.469 e. The van der Waals surface area contributed by atoms with Crippen LogP contribution < -0.4 is 0 Å². The number of rotatable bonds is 4. The number of carbonyl (C=O) groups is 1. The molecule has 1 aromatic heterocycles. The quantitative estimate of drug-likeness (QED) is 0.680. The van der Waals surface area contributed by atoms with E-state index in [9.17, 15) is 4.79 Å². The van der Waals surface area contributed by atoms with Crippen molar-refractivity contribution in [3.8, 4) is 22.4 Å². The van der Waals surface area contributed by atoms with Crippen molar-refractivity contribution in [1.82, 2.24) is 4.98 Å². The summed E-state index contributed by atoms with van der Waals surface area (Å²) in [7, 11) is 1.41. The van der Waals surface area contributed by atoms with Crippen LogP contribution in [-0.4, -0.2) is 18.1 Å². The minimum Gasteiger partial charge on any atom is -0.469 e. The third-order valence-electron chi connectivity index (χ3n) is 3.72. The third kappa shape index (κ3) is 3.29. The van der Waals surface area contributed by atoms with Crippen molar-refractivity contribution in [2.75, 3.05) is 7.11 Å². The summed E-state index contributed by atoms with van der Waals surface area (Å²) >= 11 is 0. The monoisotopic (exact) mass is 303 g/mol. The van der Waals surface area contributed by atoms with E-state index in [1.54, 1.807) is 6.20 Å². The average Bonchev–Trinajstić information content (AvgIpc) is 2.63. The van der Waals surface area contributed by atoms with Gasteiger partial charge >= 0.3 is 5.97 Å². The molecular formula is C20H17NO2. The first-order chi connectivity index (χ1) is 11.3. The predicted octanol–water partition coefficient (Wildman–Crippen LogP) is 4.13. The lowest BCUT2D eigenvalue weighted by molar-refractivity contribution is -0.139. The molecule has 0 spiro atoms. The standard InChI is InChI=1S/C20H17NO2/c1-23-19(22)14-16-10-7-11-17(15-8-3-2-4-9-15)20(16)18-12-5-6-13-21-18/h2-13H,14H2,1H3. The molecule has 0 fully saturated rings. The van der Waals surface area contributed by atoms with Gasteiger partial charge in [-0.05, 0) is 28.8 Å². The van der Waals surface area contributed by atoms with Crippen molar-refractivity contribution in [2.24, 2.45) is 0 Å². The van der Waals surface area contributed by atoms with Crippen molar-refractivity contribution >= 4 is 5.97 Å². The highest BCUT2D eigenvalue weighted by Crippen LogP contribution is 2.34. The summed E-state index contributed by atoms with van der Waals surface area (Å²) < 4.78 is 4.83. The number of nitrogens with zero attached hydrogens (tertiary/aromatic N) is 1. The minimum atomic E-state index is -0.257. The van der Waals surface area contributed by atoms with Gasteiger partial charge in [-0.15, -0.1) is 0 Å². The number of ether oxygens (including phenoxy) is 1. The van der Waals surface area contributed by atoms with Crippen LogP contribution in [0.5, 0.6) is 0 Å². The van der Waals surface area contributed by atoms with Gasteiger partial charge in [-0.1, -0.05) is 54.6 Å². The maximum absolute atomic E-state index is 11.8. The van der Waals surface area contributed by atoms with Crippen LogP contribution >= 0.6 is 0 Å². The number of benzene rings is 2. The highest BCUT2D eigenvalue weighted by molar-refractivity contribution is 5.87. The molecule has 3 aromatic rings. The van der Waals surface area contributed by atoms with Gasteiger partial charge in [-0.3, -0.25) is 9.78 Å². The van der Waals surface area contributed by atoms with Crippen molar-refractivity contribution in [3.63, 3.8) is 0 Å². The Morgan fingerprint density at radius 2 is 1.74 bits per heavy atom. The molecule has 3 nitrogen and oxygen atoms in total. The first-order valence-electron chi connectivity index (χ1n) is 7.45. The van der Waals surface area contributed by atoms with Crippen LogP contribution in [0, 0.1) is 0 Å². The fourth-order valence-corrected chi connectivity index (χ4v) is 2.65. The lowest BCUT2D eigenvalue weighted by Crippen LogP contribution is -2.06. The average molecular weight is 303 g/mol. The highest BCUT2D eigenvalue weighted by atomic mass is 16.5. The molecule has 0 saturated heterocycles. The van der Waals surface area contributed by atoms with Crippen molar-refractivity contribution in [3.05, 3.63) is 78.5 Å². The van der Waals surface area contributed by atoms with E-state index in [-0.39, 0.29) is 12.4 Å². The SMILES string of the molecule is COC(=O)Cc1cccc(-c2ccccc2)c1-c1ccccn1. The summed E-state index contributed by atoms with van der Waals surface area (Å²) in [5.41, 5.74) is 4.90. The Morgan fingerprint density at radius 1 is 0.957 bits per heavy atom. The Balaban J connectivity index is 2.20. The van der Waals surface area contributed by atoms with Gasteiger partial charge in [0.1, 0.15) is 0 Å². The number of esters is 1.